The summed E-state index contributed by atoms with van der Waals surface area (Å²) in [6, 6.07) is 10.6. The highest BCUT2D eigenvalue weighted by molar-refractivity contribution is 7.80. The molecule has 0 saturated heterocycles. The lowest BCUT2D eigenvalue weighted by Crippen LogP contribution is -3.00. The number of aromatic nitrogens is 1. The maximum atomic E-state index is 4.29. The molecule has 0 fully saturated rings. The molecular formula is C13H16ClNS2. The fourth-order valence-corrected chi connectivity index (χ4v) is 3.10. The molecule has 0 atom stereocenters. The smallest absolute Gasteiger partial charge is 0.225 e. The predicted octanol–water partition coefficient (Wildman–Crippen LogP) is -0.131. The number of nitrogens with zero attached hydrogens (tertiary/aromatic N) is 1. The maximum absolute atomic E-state index is 4.29. The molecule has 2 aromatic rings. The molecule has 1 aromatic heterocycles. The van der Waals surface area contributed by atoms with Gasteiger partial charge in [0.15, 0.2) is 12.2 Å². The quantitative estimate of drug-likeness (QED) is 0.589. The zero-order chi connectivity index (χ0) is 11.4. The van der Waals surface area contributed by atoms with Crippen LogP contribution in [0.15, 0.2) is 35.8 Å². The number of benzene rings is 1. The number of hydrogen-bond acceptors (Lipinski definition) is 2. The van der Waals surface area contributed by atoms with Gasteiger partial charge in [-0.25, -0.2) is 0 Å². The Bertz CT molecular complexity index is 454. The topological polar surface area (TPSA) is 3.88 Å². The van der Waals surface area contributed by atoms with Gasteiger partial charge in [0.2, 0.25) is 5.51 Å². The Balaban J connectivity index is 0.00000144. The number of halogens is 1. The Morgan fingerprint density at radius 2 is 1.94 bits per heavy atom. The minimum absolute atomic E-state index is 0. The van der Waals surface area contributed by atoms with Gasteiger partial charge in [-0.3, -0.25) is 0 Å². The summed E-state index contributed by atoms with van der Waals surface area (Å²) in [4.78, 5) is 1.45. The Morgan fingerprint density at radius 3 is 2.59 bits per heavy atom. The van der Waals surface area contributed by atoms with Crippen molar-refractivity contribution in [2.75, 3.05) is 5.75 Å². The second-order valence-electron chi connectivity index (χ2n) is 3.82. The minimum Gasteiger partial charge on any atom is -1.00 e. The van der Waals surface area contributed by atoms with Crippen LogP contribution < -0.4 is 17.0 Å². The van der Waals surface area contributed by atoms with Crippen LogP contribution in [0.5, 0.6) is 0 Å². The van der Waals surface area contributed by atoms with Crippen LogP contribution in [0.1, 0.15) is 16.1 Å². The van der Waals surface area contributed by atoms with Gasteiger partial charge in [-0.2, -0.15) is 17.2 Å². The monoisotopic (exact) mass is 285 g/mol. The van der Waals surface area contributed by atoms with Crippen molar-refractivity contribution in [2.45, 2.75) is 19.9 Å². The number of aryl methyl sites for hydroxylation is 1. The molecule has 0 aliphatic carbocycles. The van der Waals surface area contributed by atoms with Gasteiger partial charge in [0.1, 0.15) is 0 Å². The van der Waals surface area contributed by atoms with E-state index < -0.39 is 0 Å². The van der Waals surface area contributed by atoms with E-state index in [9.17, 15) is 0 Å². The highest BCUT2D eigenvalue weighted by atomic mass is 35.5. The van der Waals surface area contributed by atoms with Gasteiger partial charge < -0.3 is 12.4 Å². The molecule has 17 heavy (non-hydrogen) atoms. The van der Waals surface area contributed by atoms with Crippen LogP contribution in [0.3, 0.4) is 0 Å². The van der Waals surface area contributed by atoms with Crippen molar-refractivity contribution in [1.82, 2.24) is 0 Å². The summed E-state index contributed by atoms with van der Waals surface area (Å²) in [6.07, 6.45) is 1.07. The Kier molecular flexibility index (Phi) is 6.03. The highest BCUT2D eigenvalue weighted by Crippen LogP contribution is 2.12. The fraction of sp³-hybridized carbons (Fsp3) is 0.308. The molecular weight excluding hydrogens is 270 g/mol. The second-order valence-corrected chi connectivity index (χ2v) is 5.21. The molecule has 0 unspecified atom stereocenters. The van der Waals surface area contributed by atoms with Gasteiger partial charge in [-0.1, -0.05) is 41.7 Å². The van der Waals surface area contributed by atoms with Crippen LogP contribution in [0.25, 0.3) is 0 Å². The number of thiazole rings is 1. The molecule has 0 N–H and O–H groups in total. The highest BCUT2D eigenvalue weighted by Gasteiger charge is 2.14. The Hall–Kier alpha value is -0.510. The van der Waals surface area contributed by atoms with E-state index in [2.05, 4.69) is 60.0 Å². The molecule has 0 spiro atoms. The summed E-state index contributed by atoms with van der Waals surface area (Å²) < 4.78 is 2.32. The van der Waals surface area contributed by atoms with Crippen molar-refractivity contribution in [3.8, 4) is 0 Å². The molecule has 4 heteroatoms. The third-order valence-electron chi connectivity index (χ3n) is 2.69. The lowest BCUT2D eigenvalue weighted by atomic mass is 10.2. The van der Waals surface area contributed by atoms with E-state index in [4.69, 9.17) is 0 Å². The lowest BCUT2D eigenvalue weighted by molar-refractivity contribution is -0.689. The zero-order valence-corrected chi connectivity index (χ0v) is 12.2. The largest absolute Gasteiger partial charge is 1.00 e. The maximum Gasteiger partial charge on any atom is 0.225 e. The average Bonchev–Trinajstić information content (AvgIpc) is 2.64. The predicted molar refractivity (Wildman–Crippen MR) is 72.4 cm³/mol. The molecule has 0 radical (unpaired) electrons. The SMILES string of the molecule is Cc1c(CCS)sc[n+]1Cc1ccccc1.[Cl-]. The zero-order valence-electron chi connectivity index (χ0n) is 9.77. The van der Waals surface area contributed by atoms with Crippen LogP contribution >= 0.6 is 24.0 Å². The van der Waals surface area contributed by atoms with Crippen LogP contribution in [-0.2, 0) is 13.0 Å². The van der Waals surface area contributed by atoms with Gasteiger partial charge in [0.05, 0.1) is 4.88 Å². The fourth-order valence-electron chi connectivity index (χ4n) is 1.73. The van der Waals surface area contributed by atoms with Gasteiger partial charge >= 0.3 is 0 Å². The molecule has 0 aliphatic heterocycles. The van der Waals surface area contributed by atoms with E-state index in [1.54, 1.807) is 0 Å². The molecule has 0 aliphatic rings. The molecule has 0 amide bonds. The van der Waals surface area contributed by atoms with E-state index >= 15 is 0 Å². The summed E-state index contributed by atoms with van der Waals surface area (Å²) in [7, 11) is 0. The second kappa shape index (κ2) is 7.04. The summed E-state index contributed by atoms with van der Waals surface area (Å²) in [5.74, 6) is 0.923. The molecule has 92 valence electrons. The Labute approximate surface area is 118 Å². The van der Waals surface area contributed by atoms with Gasteiger partial charge in [0.25, 0.3) is 0 Å². The van der Waals surface area contributed by atoms with Crippen molar-refractivity contribution in [3.05, 3.63) is 52.0 Å². The number of hydrogen-bond donors (Lipinski definition) is 1. The summed E-state index contributed by atoms with van der Waals surface area (Å²) >= 11 is 6.12. The van der Waals surface area contributed by atoms with Gasteiger partial charge in [0, 0.05) is 12.5 Å². The van der Waals surface area contributed by atoms with E-state index in [0.29, 0.717) is 0 Å². The molecule has 1 heterocycles. The molecule has 1 aromatic carbocycles. The van der Waals surface area contributed by atoms with Gasteiger partial charge in [-0.15, -0.1) is 0 Å². The normalized spacial score (nSPS) is 10.0. The standard InChI is InChI=1S/C13H15NS2.ClH/c1-11-13(7-8-15)16-10-14(11)9-12-5-3-2-4-6-12;/h2-6,10H,7-9H2,1H3;1H. The van der Waals surface area contributed by atoms with Crippen LogP contribution in [0.4, 0.5) is 0 Å². The number of rotatable bonds is 4. The van der Waals surface area contributed by atoms with E-state index in [0.717, 1.165) is 18.7 Å². The van der Waals surface area contributed by atoms with Crippen molar-refractivity contribution in [2.24, 2.45) is 0 Å². The third kappa shape index (κ3) is 3.73. The minimum atomic E-state index is 0. The third-order valence-corrected chi connectivity index (χ3v) is 4.06. The van der Waals surface area contributed by atoms with Crippen molar-refractivity contribution in [3.63, 3.8) is 0 Å². The molecule has 1 nitrogen and oxygen atoms in total. The average molecular weight is 286 g/mol. The van der Waals surface area contributed by atoms with E-state index in [1.165, 1.54) is 16.1 Å². The first kappa shape index (κ1) is 14.6. The van der Waals surface area contributed by atoms with Crippen molar-refractivity contribution in [1.29, 1.82) is 0 Å². The van der Waals surface area contributed by atoms with Crippen LogP contribution in [0.2, 0.25) is 0 Å². The number of thiol groups is 1. The first-order valence-electron chi connectivity index (χ1n) is 5.42. The summed E-state index contributed by atoms with van der Waals surface area (Å²) in [5.41, 5.74) is 4.94. The van der Waals surface area contributed by atoms with Gasteiger partial charge in [-0.05, 0) is 12.2 Å². The molecule has 0 saturated carbocycles. The van der Waals surface area contributed by atoms with Crippen molar-refractivity contribution >= 4 is 24.0 Å². The molecule has 2 rings (SSSR count). The van der Waals surface area contributed by atoms with E-state index in [-0.39, 0.29) is 12.4 Å². The molecule has 0 bridgehead atoms. The Morgan fingerprint density at radius 1 is 1.24 bits per heavy atom. The summed E-state index contributed by atoms with van der Waals surface area (Å²) in [6.45, 7) is 3.16. The van der Waals surface area contributed by atoms with Crippen LogP contribution in [0, 0.1) is 6.92 Å². The van der Waals surface area contributed by atoms with Crippen LogP contribution in [-0.4, -0.2) is 5.75 Å². The first-order valence-corrected chi connectivity index (χ1v) is 6.93. The summed E-state index contributed by atoms with van der Waals surface area (Å²) in [5, 5.41) is 0. The van der Waals surface area contributed by atoms with E-state index in [1.807, 2.05) is 11.3 Å². The van der Waals surface area contributed by atoms with Crippen molar-refractivity contribution < 1.29 is 17.0 Å². The lowest BCUT2D eigenvalue weighted by Gasteiger charge is -1.97. The first-order chi connectivity index (χ1) is 7.81.